The second-order valence-corrected chi connectivity index (χ2v) is 3.39. The van der Waals surface area contributed by atoms with Gasteiger partial charge in [-0.05, 0) is 11.6 Å². The maximum absolute atomic E-state index is 10.8. The molecule has 0 amide bonds. The van der Waals surface area contributed by atoms with Gasteiger partial charge >= 0.3 is 5.97 Å². The van der Waals surface area contributed by atoms with Crippen LogP contribution < -0.4 is 0 Å². The molecule has 0 aromatic heterocycles. The van der Waals surface area contributed by atoms with Crippen LogP contribution in [0.1, 0.15) is 21.5 Å². The quantitative estimate of drug-likeness (QED) is 0.520. The lowest BCUT2D eigenvalue weighted by Gasteiger charge is -2.03. The maximum Gasteiger partial charge on any atom is 0.336 e. The lowest BCUT2D eigenvalue weighted by atomic mass is 10.0. The van der Waals surface area contributed by atoms with Crippen molar-refractivity contribution in [3.8, 4) is 6.07 Å². The molecule has 16 heavy (non-hydrogen) atoms. The minimum atomic E-state index is -1.26. The van der Waals surface area contributed by atoms with E-state index < -0.39 is 16.6 Å². The van der Waals surface area contributed by atoms with Crippen molar-refractivity contribution < 1.29 is 14.8 Å². The lowest BCUT2D eigenvalue weighted by Crippen LogP contribution is -2.04. The Labute approximate surface area is 98.4 Å². The van der Waals surface area contributed by atoms with Crippen LogP contribution in [-0.2, 0) is 5.33 Å². The standard InChI is InChI=1S/C9H5BrN2O4/c10-3-5-1-6(4-11)8(12(15)16)2-7(5)9(13)14/h1-2H,3H2,(H,13,14). The number of rotatable bonds is 3. The van der Waals surface area contributed by atoms with E-state index in [1.165, 1.54) is 6.07 Å². The summed E-state index contributed by atoms with van der Waals surface area (Å²) in [5.41, 5.74) is -0.494. The molecule has 0 heterocycles. The van der Waals surface area contributed by atoms with Gasteiger partial charge in [-0.3, -0.25) is 10.1 Å². The SMILES string of the molecule is N#Cc1cc(CBr)c(C(=O)O)cc1[N+](=O)[O-]. The highest BCUT2D eigenvalue weighted by Gasteiger charge is 2.20. The first-order valence-corrected chi connectivity index (χ1v) is 5.14. The Morgan fingerprint density at radius 3 is 2.62 bits per heavy atom. The molecule has 0 aliphatic heterocycles. The van der Waals surface area contributed by atoms with Gasteiger partial charge in [-0.1, -0.05) is 15.9 Å². The first-order valence-electron chi connectivity index (χ1n) is 4.02. The molecule has 0 atom stereocenters. The van der Waals surface area contributed by atoms with Crippen molar-refractivity contribution in [2.75, 3.05) is 0 Å². The summed E-state index contributed by atoms with van der Waals surface area (Å²) in [5.74, 6) is -1.26. The summed E-state index contributed by atoms with van der Waals surface area (Å²) < 4.78 is 0. The number of benzene rings is 1. The zero-order valence-electron chi connectivity index (χ0n) is 7.81. The van der Waals surface area contributed by atoms with Crippen LogP contribution in [0.5, 0.6) is 0 Å². The number of nitriles is 1. The van der Waals surface area contributed by atoms with E-state index in [0.29, 0.717) is 5.56 Å². The number of alkyl halides is 1. The predicted octanol–water partition coefficient (Wildman–Crippen LogP) is 2.06. The molecule has 0 unspecified atom stereocenters. The van der Waals surface area contributed by atoms with E-state index in [1.807, 2.05) is 0 Å². The monoisotopic (exact) mass is 284 g/mol. The molecule has 6 nitrogen and oxygen atoms in total. The van der Waals surface area contributed by atoms with Gasteiger partial charge in [0.15, 0.2) is 0 Å². The Morgan fingerprint density at radius 2 is 2.25 bits per heavy atom. The van der Waals surface area contributed by atoms with Gasteiger partial charge in [0, 0.05) is 11.4 Å². The molecule has 7 heteroatoms. The maximum atomic E-state index is 10.8. The summed E-state index contributed by atoms with van der Waals surface area (Å²) >= 11 is 3.06. The number of hydrogen-bond donors (Lipinski definition) is 1. The van der Waals surface area contributed by atoms with E-state index in [0.717, 1.165) is 6.07 Å². The molecule has 0 spiro atoms. The molecule has 0 saturated heterocycles. The number of hydrogen-bond acceptors (Lipinski definition) is 4. The number of nitro groups is 1. The average molecular weight is 285 g/mol. The van der Waals surface area contributed by atoms with Gasteiger partial charge < -0.3 is 5.11 Å². The fraction of sp³-hybridized carbons (Fsp3) is 0.111. The van der Waals surface area contributed by atoms with Crippen molar-refractivity contribution in [2.24, 2.45) is 0 Å². The highest BCUT2D eigenvalue weighted by atomic mass is 79.9. The Balaban J connectivity index is 3.54. The molecule has 1 aromatic rings. The molecule has 82 valence electrons. The largest absolute Gasteiger partial charge is 0.478 e. The van der Waals surface area contributed by atoms with Crippen molar-refractivity contribution >= 4 is 27.6 Å². The summed E-state index contributed by atoms with van der Waals surface area (Å²) in [7, 11) is 0. The van der Waals surface area contributed by atoms with E-state index >= 15 is 0 Å². The minimum Gasteiger partial charge on any atom is -0.478 e. The third-order valence-corrected chi connectivity index (χ3v) is 2.52. The number of carboxylic acids is 1. The van der Waals surface area contributed by atoms with Gasteiger partial charge in [0.1, 0.15) is 11.6 Å². The Kier molecular flexibility index (Phi) is 3.58. The third-order valence-electron chi connectivity index (χ3n) is 1.91. The van der Waals surface area contributed by atoms with Gasteiger partial charge in [-0.15, -0.1) is 0 Å². The van der Waals surface area contributed by atoms with Crippen LogP contribution in [0.3, 0.4) is 0 Å². The van der Waals surface area contributed by atoms with Gasteiger partial charge in [0.25, 0.3) is 5.69 Å². The number of aromatic carboxylic acids is 1. The first-order chi connectivity index (χ1) is 7.51. The fourth-order valence-corrected chi connectivity index (χ4v) is 1.65. The van der Waals surface area contributed by atoms with E-state index in [-0.39, 0.29) is 16.5 Å². The van der Waals surface area contributed by atoms with Crippen LogP contribution in [0.15, 0.2) is 12.1 Å². The molecule has 0 aliphatic carbocycles. The topological polar surface area (TPSA) is 104 Å². The van der Waals surface area contributed by atoms with Crippen LogP contribution >= 0.6 is 15.9 Å². The molecule has 0 saturated carbocycles. The fourth-order valence-electron chi connectivity index (χ4n) is 1.18. The van der Waals surface area contributed by atoms with Crippen molar-refractivity contribution in [2.45, 2.75) is 5.33 Å². The number of carbonyl (C=O) groups is 1. The second kappa shape index (κ2) is 4.72. The number of nitro benzene ring substituents is 1. The van der Waals surface area contributed by atoms with E-state index in [9.17, 15) is 14.9 Å². The van der Waals surface area contributed by atoms with Crippen molar-refractivity contribution in [1.82, 2.24) is 0 Å². The smallest absolute Gasteiger partial charge is 0.336 e. The Hall–Kier alpha value is -1.94. The molecular weight excluding hydrogens is 280 g/mol. The Morgan fingerprint density at radius 1 is 1.62 bits per heavy atom. The molecule has 0 radical (unpaired) electrons. The normalized spacial score (nSPS) is 9.50. The van der Waals surface area contributed by atoms with Crippen molar-refractivity contribution in [1.29, 1.82) is 5.26 Å². The average Bonchev–Trinajstić information content (AvgIpc) is 2.26. The Bertz CT molecular complexity index is 507. The molecular formula is C9H5BrN2O4. The number of nitrogens with zero attached hydrogens (tertiary/aromatic N) is 2. The van der Waals surface area contributed by atoms with Gasteiger partial charge in [-0.25, -0.2) is 4.79 Å². The highest BCUT2D eigenvalue weighted by molar-refractivity contribution is 9.08. The number of carboxylic acid groups (broad SMARTS) is 1. The summed E-state index contributed by atoms with van der Waals surface area (Å²) in [6, 6.07) is 3.77. The van der Waals surface area contributed by atoms with Crippen molar-refractivity contribution in [3.05, 3.63) is 38.9 Å². The van der Waals surface area contributed by atoms with Crippen LogP contribution in [0.25, 0.3) is 0 Å². The molecule has 1 rings (SSSR count). The zero-order valence-corrected chi connectivity index (χ0v) is 9.39. The molecule has 0 aliphatic rings. The van der Waals surface area contributed by atoms with E-state index in [2.05, 4.69) is 15.9 Å². The summed E-state index contributed by atoms with van der Waals surface area (Å²) in [6.07, 6.45) is 0. The second-order valence-electron chi connectivity index (χ2n) is 2.83. The van der Waals surface area contributed by atoms with Crippen LogP contribution in [0, 0.1) is 21.4 Å². The molecule has 1 N–H and O–H groups in total. The first kappa shape index (κ1) is 12.1. The van der Waals surface area contributed by atoms with Crippen molar-refractivity contribution in [3.63, 3.8) is 0 Å². The summed E-state index contributed by atoms with van der Waals surface area (Å²) in [6.45, 7) is 0. The van der Waals surface area contributed by atoms with E-state index in [1.54, 1.807) is 6.07 Å². The van der Waals surface area contributed by atoms with E-state index in [4.69, 9.17) is 10.4 Å². The minimum absolute atomic E-state index is 0.149. The molecule has 0 fully saturated rings. The zero-order chi connectivity index (χ0) is 12.3. The molecule has 1 aromatic carbocycles. The van der Waals surface area contributed by atoms with Crippen LogP contribution in [-0.4, -0.2) is 16.0 Å². The summed E-state index contributed by atoms with van der Waals surface area (Å²) in [4.78, 5) is 20.7. The van der Waals surface area contributed by atoms with Crippen LogP contribution in [0.4, 0.5) is 5.69 Å². The van der Waals surface area contributed by atoms with Gasteiger partial charge in [-0.2, -0.15) is 5.26 Å². The summed E-state index contributed by atoms with van der Waals surface area (Å²) in [5, 5.41) is 28.4. The lowest BCUT2D eigenvalue weighted by molar-refractivity contribution is -0.385. The number of halogens is 1. The van der Waals surface area contributed by atoms with Gasteiger partial charge in [0.2, 0.25) is 0 Å². The highest BCUT2D eigenvalue weighted by Crippen LogP contribution is 2.24. The van der Waals surface area contributed by atoms with Gasteiger partial charge in [0.05, 0.1) is 10.5 Å². The third kappa shape index (κ3) is 2.17. The molecule has 0 bridgehead atoms. The van der Waals surface area contributed by atoms with Crippen LogP contribution in [0.2, 0.25) is 0 Å². The predicted molar refractivity (Wildman–Crippen MR) is 57.4 cm³/mol.